The lowest BCUT2D eigenvalue weighted by Crippen LogP contribution is -2.19. The molecule has 1 N–H and O–H groups in total. The summed E-state index contributed by atoms with van der Waals surface area (Å²) in [6.07, 6.45) is 1.79. The molecule has 20 heavy (non-hydrogen) atoms. The lowest BCUT2D eigenvalue weighted by Gasteiger charge is -2.14. The molecule has 0 fully saturated rings. The number of hydrogen-bond donors (Lipinski definition) is 1. The van der Waals surface area contributed by atoms with Gasteiger partial charge < -0.3 is 15.0 Å². The Labute approximate surface area is 120 Å². The Morgan fingerprint density at radius 2 is 2.05 bits per heavy atom. The summed E-state index contributed by atoms with van der Waals surface area (Å²) in [4.78, 5) is 6.45. The molecule has 0 radical (unpaired) electrons. The van der Waals surface area contributed by atoms with Gasteiger partial charge in [-0.05, 0) is 51.5 Å². The maximum atomic E-state index is 5.81. The van der Waals surface area contributed by atoms with E-state index in [9.17, 15) is 0 Å². The van der Waals surface area contributed by atoms with E-state index in [0.717, 1.165) is 23.0 Å². The molecule has 1 heterocycles. The molecular weight excluding hydrogens is 250 g/mol. The Morgan fingerprint density at radius 1 is 1.25 bits per heavy atom. The van der Waals surface area contributed by atoms with E-state index in [2.05, 4.69) is 47.2 Å². The number of hydrogen-bond acceptors (Lipinski definition) is 4. The van der Waals surface area contributed by atoms with Crippen LogP contribution < -0.4 is 10.1 Å². The number of likely N-dealkylation sites (N-methyl/N-ethyl adjacent to an activating group) is 1. The molecule has 4 heteroatoms. The summed E-state index contributed by atoms with van der Waals surface area (Å²) < 4.78 is 5.81. The highest BCUT2D eigenvalue weighted by molar-refractivity contribution is 5.89. The smallest absolute Gasteiger partial charge is 0.221 e. The van der Waals surface area contributed by atoms with Gasteiger partial charge in [-0.3, -0.25) is 0 Å². The maximum absolute atomic E-state index is 5.81. The number of rotatable bonds is 6. The molecule has 0 saturated heterocycles. The summed E-state index contributed by atoms with van der Waals surface area (Å²) in [5, 5.41) is 5.61. The van der Waals surface area contributed by atoms with Crippen molar-refractivity contribution in [2.75, 3.05) is 32.6 Å². The summed E-state index contributed by atoms with van der Waals surface area (Å²) in [7, 11) is 4.06. The lowest BCUT2D eigenvalue weighted by atomic mass is 10.1. The van der Waals surface area contributed by atoms with Crippen LogP contribution in [-0.2, 0) is 0 Å². The summed E-state index contributed by atoms with van der Waals surface area (Å²) in [5.74, 6) is 0.705. The van der Waals surface area contributed by atoms with Gasteiger partial charge in [-0.15, -0.1) is 0 Å². The van der Waals surface area contributed by atoms with Crippen LogP contribution in [0.15, 0.2) is 30.5 Å². The number of benzene rings is 1. The van der Waals surface area contributed by atoms with Gasteiger partial charge in [0.05, 0.1) is 0 Å². The molecule has 1 aromatic carbocycles. The highest BCUT2D eigenvalue weighted by Crippen LogP contribution is 2.26. The van der Waals surface area contributed by atoms with E-state index in [4.69, 9.17) is 4.74 Å². The minimum atomic E-state index is 0.405. The monoisotopic (exact) mass is 273 g/mol. The topological polar surface area (TPSA) is 37.4 Å². The molecule has 0 unspecified atom stereocenters. The second-order valence-electron chi connectivity index (χ2n) is 5.50. The van der Waals surface area contributed by atoms with Crippen LogP contribution in [0.1, 0.15) is 13.8 Å². The van der Waals surface area contributed by atoms with Crippen LogP contribution in [0.3, 0.4) is 0 Å². The summed E-state index contributed by atoms with van der Waals surface area (Å²) >= 11 is 0. The van der Waals surface area contributed by atoms with Gasteiger partial charge in [-0.2, -0.15) is 0 Å². The van der Waals surface area contributed by atoms with E-state index in [1.165, 1.54) is 0 Å². The van der Waals surface area contributed by atoms with Crippen molar-refractivity contribution in [1.29, 1.82) is 0 Å². The van der Waals surface area contributed by atoms with Gasteiger partial charge >= 0.3 is 0 Å². The van der Waals surface area contributed by atoms with Crippen LogP contribution in [0, 0.1) is 0 Å². The minimum Gasteiger partial charge on any atom is -0.476 e. The largest absolute Gasteiger partial charge is 0.476 e. The van der Waals surface area contributed by atoms with E-state index in [1.807, 2.05) is 20.2 Å². The Morgan fingerprint density at radius 3 is 2.75 bits per heavy atom. The SMILES string of the molecule is CC(C)Nc1ccc2ccnc(OCCN(C)C)c2c1. The third kappa shape index (κ3) is 3.84. The van der Waals surface area contributed by atoms with Gasteiger partial charge in [-0.1, -0.05) is 6.07 Å². The number of ether oxygens (including phenoxy) is 1. The molecular formula is C16H23N3O. The number of nitrogens with zero attached hydrogens (tertiary/aromatic N) is 2. The van der Waals surface area contributed by atoms with Crippen molar-refractivity contribution in [3.63, 3.8) is 0 Å². The van der Waals surface area contributed by atoms with Gasteiger partial charge in [0, 0.05) is 29.9 Å². The fourth-order valence-electron chi connectivity index (χ4n) is 2.00. The van der Waals surface area contributed by atoms with Gasteiger partial charge in [0.2, 0.25) is 5.88 Å². The Bertz CT molecular complexity index is 567. The summed E-state index contributed by atoms with van der Waals surface area (Å²) in [6.45, 7) is 5.77. The average Bonchev–Trinajstić information content (AvgIpc) is 2.38. The van der Waals surface area contributed by atoms with E-state index in [0.29, 0.717) is 18.5 Å². The molecule has 0 aliphatic rings. The van der Waals surface area contributed by atoms with Crippen molar-refractivity contribution < 1.29 is 4.74 Å². The Hall–Kier alpha value is -1.81. The lowest BCUT2D eigenvalue weighted by molar-refractivity contribution is 0.256. The number of nitrogens with one attached hydrogen (secondary N) is 1. The van der Waals surface area contributed by atoms with Gasteiger partial charge in [0.25, 0.3) is 0 Å². The minimum absolute atomic E-state index is 0.405. The third-order valence-electron chi connectivity index (χ3n) is 2.96. The third-order valence-corrected chi connectivity index (χ3v) is 2.96. The highest BCUT2D eigenvalue weighted by Gasteiger charge is 2.06. The van der Waals surface area contributed by atoms with Crippen molar-refractivity contribution in [1.82, 2.24) is 9.88 Å². The molecule has 1 aromatic heterocycles. The first-order valence-electron chi connectivity index (χ1n) is 6.99. The van der Waals surface area contributed by atoms with E-state index < -0.39 is 0 Å². The normalized spacial score (nSPS) is 11.3. The predicted molar refractivity (Wildman–Crippen MR) is 84.6 cm³/mol. The van der Waals surface area contributed by atoms with Crippen LogP contribution in [0.25, 0.3) is 10.8 Å². The molecule has 0 aliphatic carbocycles. The van der Waals surface area contributed by atoms with Crippen molar-refractivity contribution in [3.05, 3.63) is 30.5 Å². The molecule has 0 saturated carbocycles. The second kappa shape index (κ2) is 6.57. The van der Waals surface area contributed by atoms with Crippen molar-refractivity contribution in [3.8, 4) is 5.88 Å². The molecule has 0 bridgehead atoms. The van der Waals surface area contributed by atoms with Crippen molar-refractivity contribution in [2.45, 2.75) is 19.9 Å². The standard InChI is InChI=1S/C16H23N3O/c1-12(2)18-14-6-5-13-7-8-17-16(15(13)11-14)20-10-9-19(3)4/h5-8,11-12,18H,9-10H2,1-4H3. The quantitative estimate of drug-likeness (QED) is 0.878. The van der Waals surface area contributed by atoms with Crippen LogP contribution in [-0.4, -0.2) is 43.2 Å². The zero-order valence-electron chi connectivity index (χ0n) is 12.7. The first-order chi connectivity index (χ1) is 9.56. The molecule has 0 atom stereocenters. The highest BCUT2D eigenvalue weighted by atomic mass is 16.5. The van der Waals surface area contributed by atoms with Gasteiger partial charge in [0.15, 0.2) is 0 Å². The second-order valence-corrected chi connectivity index (χ2v) is 5.50. The zero-order chi connectivity index (χ0) is 14.5. The number of anilines is 1. The van der Waals surface area contributed by atoms with E-state index in [1.54, 1.807) is 6.20 Å². The van der Waals surface area contributed by atoms with E-state index >= 15 is 0 Å². The van der Waals surface area contributed by atoms with Gasteiger partial charge in [-0.25, -0.2) is 4.98 Å². The van der Waals surface area contributed by atoms with Gasteiger partial charge in [0.1, 0.15) is 6.61 Å². The molecule has 4 nitrogen and oxygen atoms in total. The molecule has 0 amide bonds. The average molecular weight is 273 g/mol. The molecule has 2 aromatic rings. The van der Waals surface area contributed by atoms with Crippen LogP contribution in [0.4, 0.5) is 5.69 Å². The maximum Gasteiger partial charge on any atom is 0.221 e. The molecule has 2 rings (SSSR count). The van der Waals surface area contributed by atoms with E-state index in [-0.39, 0.29) is 0 Å². The van der Waals surface area contributed by atoms with Crippen LogP contribution >= 0.6 is 0 Å². The number of pyridine rings is 1. The summed E-state index contributed by atoms with van der Waals surface area (Å²) in [6, 6.07) is 8.70. The molecule has 108 valence electrons. The summed E-state index contributed by atoms with van der Waals surface area (Å²) in [5.41, 5.74) is 1.10. The number of aromatic nitrogens is 1. The first-order valence-corrected chi connectivity index (χ1v) is 6.99. The fraction of sp³-hybridized carbons (Fsp3) is 0.438. The van der Waals surface area contributed by atoms with Crippen molar-refractivity contribution in [2.24, 2.45) is 0 Å². The molecule has 0 spiro atoms. The van der Waals surface area contributed by atoms with Crippen LogP contribution in [0.2, 0.25) is 0 Å². The Balaban J connectivity index is 2.24. The Kier molecular flexibility index (Phi) is 4.79. The van der Waals surface area contributed by atoms with Crippen molar-refractivity contribution >= 4 is 16.5 Å². The predicted octanol–water partition coefficient (Wildman–Crippen LogP) is 3.00. The first kappa shape index (κ1) is 14.6. The van der Waals surface area contributed by atoms with Crippen LogP contribution in [0.5, 0.6) is 5.88 Å². The fourth-order valence-corrected chi connectivity index (χ4v) is 2.00. The molecule has 0 aliphatic heterocycles. The zero-order valence-corrected chi connectivity index (χ0v) is 12.7. The number of fused-ring (bicyclic) bond motifs is 1.